The van der Waals surface area contributed by atoms with Crippen LogP contribution in [0.25, 0.3) is 0 Å². The lowest BCUT2D eigenvalue weighted by Gasteiger charge is -2.49. The Morgan fingerprint density at radius 1 is 1.19 bits per heavy atom. The predicted molar refractivity (Wildman–Crippen MR) is 90.2 cm³/mol. The normalized spacial score (nSPS) is 34.1. The summed E-state index contributed by atoms with van der Waals surface area (Å²) in [4.78, 5) is 2.79. The topological polar surface area (TPSA) is 15.3 Å². The van der Waals surface area contributed by atoms with Gasteiger partial charge in [0, 0.05) is 35.7 Å². The number of hydrogen-bond donors (Lipinski definition) is 1. The fourth-order valence-corrected chi connectivity index (χ4v) is 4.20. The third-order valence-electron chi connectivity index (χ3n) is 5.80. The maximum atomic E-state index is 3.87. The van der Waals surface area contributed by atoms with Crippen LogP contribution in [0.3, 0.4) is 0 Å². The van der Waals surface area contributed by atoms with Gasteiger partial charge in [-0.3, -0.25) is 4.90 Å². The van der Waals surface area contributed by atoms with E-state index in [-0.39, 0.29) is 0 Å². The molecule has 114 valence electrons. The van der Waals surface area contributed by atoms with Crippen molar-refractivity contribution < 1.29 is 0 Å². The van der Waals surface area contributed by atoms with Crippen LogP contribution in [-0.2, 0) is 6.54 Å². The lowest BCUT2D eigenvalue weighted by molar-refractivity contribution is 0.0234. The fourth-order valence-electron chi connectivity index (χ4n) is 3.94. The molecule has 2 unspecified atom stereocenters. The van der Waals surface area contributed by atoms with Gasteiger partial charge in [-0.2, -0.15) is 0 Å². The minimum Gasteiger partial charge on any atom is -0.311 e. The van der Waals surface area contributed by atoms with Crippen molar-refractivity contribution in [3.63, 3.8) is 0 Å². The summed E-state index contributed by atoms with van der Waals surface area (Å²) in [5.41, 5.74) is 1.81. The maximum absolute atomic E-state index is 3.87. The predicted octanol–water partition coefficient (Wildman–Crippen LogP) is 3.80. The van der Waals surface area contributed by atoms with Crippen molar-refractivity contribution in [3.05, 3.63) is 34.3 Å². The van der Waals surface area contributed by atoms with E-state index in [9.17, 15) is 0 Å². The van der Waals surface area contributed by atoms with E-state index >= 15 is 0 Å². The molecule has 0 amide bonds. The average molecular weight is 349 g/mol. The lowest BCUT2D eigenvalue weighted by atomic mass is 9.88. The smallest absolute Gasteiger partial charge is 0.0338 e. The van der Waals surface area contributed by atoms with E-state index in [0.717, 1.165) is 24.4 Å². The first-order valence-electron chi connectivity index (χ1n) is 8.38. The van der Waals surface area contributed by atoms with Gasteiger partial charge in [0.15, 0.2) is 0 Å². The first kappa shape index (κ1) is 14.2. The minimum atomic E-state index is 0.360. The number of halogens is 1. The Morgan fingerprint density at radius 3 is 2.52 bits per heavy atom. The van der Waals surface area contributed by atoms with Crippen molar-refractivity contribution in [1.29, 1.82) is 0 Å². The molecular weight excluding hydrogens is 324 g/mol. The lowest BCUT2D eigenvalue weighted by Crippen LogP contribution is -2.64. The van der Waals surface area contributed by atoms with Gasteiger partial charge in [-0.05, 0) is 62.1 Å². The molecule has 2 nitrogen and oxygen atoms in total. The minimum absolute atomic E-state index is 0.360. The Morgan fingerprint density at radius 2 is 1.90 bits per heavy atom. The van der Waals surface area contributed by atoms with Gasteiger partial charge in [-0.25, -0.2) is 0 Å². The van der Waals surface area contributed by atoms with Gasteiger partial charge in [-0.15, -0.1) is 0 Å². The largest absolute Gasteiger partial charge is 0.311 e. The van der Waals surface area contributed by atoms with Crippen molar-refractivity contribution in [1.82, 2.24) is 10.2 Å². The summed E-state index contributed by atoms with van der Waals surface area (Å²) in [6.07, 6.45) is 5.71. The Balaban J connectivity index is 1.53. The van der Waals surface area contributed by atoms with Gasteiger partial charge < -0.3 is 5.32 Å². The zero-order valence-corrected chi connectivity index (χ0v) is 14.4. The fraction of sp³-hybridized carbons (Fsp3) is 0.667. The van der Waals surface area contributed by atoms with Gasteiger partial charge in [-0.1, -0.05) is 28.1 Å². The van der Waals surface area contributed by atoms with E-state index in [1.807, 2.05) is 0 Å². The molecule has 3 fully saturated rings. The molecule has 0 bridgehead atoms. The Labute approximate surface area is 136 Å². The Bertz CT molecular complexity index is 506. The van der Waals surface area contributed by atoms with Crippen molar-refractivity contribution in [3.8, 4) is 0 Å². The molecule has 3 aliphatic rings. The number of rotatable bonds is 4. The molecule has 21 heavy (non-hydrogen) atoms. The number of hydrogen-bond acceptors (Lipinski definition) is 2. The summed E-state index contributed by atoms with van der Waals surface area (Å²) in [5.74, 6) is 1.85. The molecule has 4 rings (SSSR count). The summed E-state index contributed by atoms with van der Waals surface area (Å²) < 4.78 is 1.17. The molecule has 2 saturated carbocycles. The van der Waals surface area contributed by atoms with Crippen LogP contribution in [0.2, 0.25) is 0 Å². The molecule has 1 aromatic carbocycles. The monoisotopic (exact) mass is 348 g/mol. The summed E-state index contributed by atoms with van der Waals surface area (Å²) in [6.45, 7) is 5.99. The van der Waals surface area contributed by atoms with Crippen LogP contribution in [0, 0.1) is 11.8 Å². The second-order valence-corrected chi connectivity index (χ2v) is 8.38. The van der Waals surface area contributed by atoms with Crippen molar-refractivity contribution >= 4 is 15.9 Å². The quantitative estimate of drug-likeness (QED) is 0.890. The van der Waals surface area contributed by atoms with E-state index in [1.165, 1.54) is 48.8 Å². The zero-order chi connectivity index (χ0) is 14.4. The number of piperazine rings is 1. The van der Waals surface area contributed by atoms with Crippen LogP contribution >= 0.6 is 15.9 Å². The molecule has 0 radical (unpaired) electrons. The van der Waals surface area contributed by atoms with Gasteiger partial charge in [0.1, 0.15) is 0 Å². The van der Waals surface area contributed by atoms with E-state index < -0.39 is 0 Å². The van der Waals surface area contributed by atoms with Crippen molar-refractivity contribution in [2.75, 3.05) is 13.1 Å². The number of nitrogens with one attached hydrogen (secondary N) is 1. The third kappa shape index (κ3) is 2.93. The third-order valence-corrected chi connectivity index (χ3v) is 6.32. The van der Waals surface area contributed by atoms with Crippen molar-refractivity contribution in [2.45, 2.75) is 50.7 Å². The molecule has 0 aromatic heterocycles. The zero-order valence-electron chi connectivity index (χ0n) is 12.8. The van der Waals surface area contributed by atoms with Gasteiger partial charge in [0.2, 0.25) is 0 Å². The van der Waals surface area contributed by atoms with Crippen LogP contribution in [0.4, 0.5) is 0 Å². The summed E-state index contributed by atoms with van der Waals surface area (Å²) >= 11 is 3.54. The van der Waals surface area contributed by atoms with Crippen LogP contribution in [-0.4, -0.2) is 29.6 Å². The molecule has 1 N–H and O–H groups in total. The standard InChI is InChI=1S/C18H25BrN2/c1-18(15-6-7-15)12-20-17(14-4-5-14)11-21(18)10-13-2-8-16(19)9-3-13/h2-3,8-9,14-15,17,20H,4-7,10-12H2,1H3. The average Bonchev–Trinajstić information content (AvgIpc) is 3.36. The molecule has 1 saturated heterocycles. The molecule has 1 heterocycles. The molecule has 1 aromatic rings. The highest BCUT2D eigenvalue weighted by Crippen LogP contribution is 2.46. The highest BCUT2D eigenvalue weighted by Gasteiger charge is 2.49. The maximum Gasteiger partial charge on any atom is 0.0338 e. The van der Waals surface area contributed by atoms with Crippen LogP contribution in [0.15, 0.2) is 28.7 Å². The second kappa shape index (κ2) is 5.36. The van der Waals surface area contributed by atoms with Crippen LogP contribution < -0.4 is 5.32 Å². The summed E-state index contributed by atoms with van der Waals surface area (Å²) in [6, 6.07) is 9.61. The molecule has 1 aliphatic heterocycles. The summed E-state index contributed by atoms with van der Waals surface area (Å²) in [5, 5.41) is 3.87. The van der Waals surface area contributed by atoms with Gasteiger partial charge in [0.05, 0.1) is 0 Å². The van der Waals surface area contributed by atoms with Crippen LogP contribution in [0.1, 0.15) is 38.2 Å². The van der Waals surface area contributed by atoms with E-state index in [4.69, 9.17) is 0 Å². The van der Waals surface area contributed by atoms with Gasteiger partial charge >= 0.3 is 0 Å². The SMILES string of the molecule is CC1(C2CC2)CNC(C2CC2)CN1Cc1ccc(Br)cc1. The highest BCUT2D eigenvalue weighted by molar-refractivity contribution is 9.10. The van der Waals surface area contributed by atoms with Crippen LogP contribution in [0.5, 0.6) is 0 Å². The first-order chi connectivity index (χ1) is 10.1. The molecule has 2 atom stereocenters. The number of benzene rings is 1. The van der Waals surface area contributed by atoms with E-state index in [1.54, 1.807) is 0 Å². The highest BCUT2D eigenvalue weighted by atomic mass is 79.9. The first-order valence-corrected chi connectivity index (χ1v) is 9.17. The molecule has 2 aliphatic carbocycles. The molecule has 0 spiro atoms. The van der Waals surface area contributed by atoms with Crippen molar-refractivity contribution in [2.24, 2.45) is 11.8 Å². The van der Waals surface area contributed by atoms with E-state index in [2.05, 4.69) is 57.3 Å². The van der Waals surface area contributed by atoms with Gasteiger partial charge in [0.25, 0.3) is 0 Å². The number of nitrogens with zero attached hydrogens (tertiary/aromatic N) is 1. The summed E-state index contributed by atoms with van der Waals surface area (Å²) in [7, 11) is 0. The molecular formula is C18H25BrN2. The molecule has 3 heteroatoms. The second-order valence-electron chi connectivity index (χ2n) is 7.46. The van der Waals surface area contributed by atoms with E-state index in [0.29, 0.717) is 5.54 Å². The Kier molecular flexibility index (Phi) is 3.63. The Hall–Kier alpha value is -0.380.